The first kappa shape index (κ1) is 10.6. The third-order valence-corrected chi connectivity index (χ3v) is 2.69. The van der Waals surface area contributed by atoms with Gasteiger partial charge in [0, 0.05) is 6.07 Å². The number of nitrogens with zero attached hydrogens (tertiary/aromatic N) is 1. The molecule has 1 heterocycles. The second-order valence-corrected chi connectivity index (χ2v) is 3.93. The van der Waals surface area contributed by atoms with Crippen molar-refractivity contribution < 1.29 is 14.1 Å². The van der Waals surface area contributed by atoms with E-state index in [2.05, 4.69) is 0 Å². The lowest BCUT2D eigenvalue weighted by atomic mass is 10.3. The number of thiophene rings is 1. The zero-order valence-electron chi connectivity index (χ0n) is 7.92. The lowest BCUT2D eigenvalue weighted by molar-refractivity contribution is -0.380. The molecule has 0 aliphatic rings. The first-order valence-electron chi connectivity index (χ1n) is 4.33. The highest BCUT2D eigenvalue weighted by molar-refractivity contribution is 7.17. The summed E-state index contributed by atoms with van der Waals surface area (Å²) in [6.07, 6.45) is 0. The third kappa shape index (κ3) is 2.34. The van der Waals surface area contributed by atoms with Crippen molar-refractivity contribution in [3.8, 4) is 10.8 Å². The highest BCUT2D eigenvalue weighted by Gasteiger charge is 2.10. The maximum Gasteiger partial charge on any atom is 0.327 e. The van der Waals surface area contributed by atoms with Crippen molar-refractivity contribution in [2.24, 2.45) is 0 Å². The Hall–Kier alpha value is -1.95. The maximum atomic E-state index is 12.6. The quantitative estimate of drug-likeness (QED) is 0.607. The molecule has 6 heteroatoms. The van der Waals surface area contributed by atoms with E-state index in [1.165, 1.54) is 36.4 Å². The first-order chi connectivity index (χ1) is 7.65. The Balaban J connectivity index is 2.14. The van der Waals surface area contributed by atoms with Crippen molar-refractivity contribution in [3.05, 3.63) is 52.3 Å². The zero-order valence-corrected chi connectivity index (χ0v) is 8.74. The highest BCUT2D eigenvalue weighted by atomic mass is 32.1. The van der Waals surface area contributed by atoms with Crippen molar-refractivity contribution in [3.63, 3.8) is 0 Å². The van der Waals surface area contributed by atoms with Crippen molar-refractivity contribution in [1.82, 2.24) is 0 Å². The fourth-order valence-electron chi connectivity index (χ4n) is 1.08. The molecule has 0 aliphatic carbocycles. The van der Waals surface area contributed by atoms with Gasteiger partial charge in [0.25, 0.3) is 0 Å². The maximum absolute atomic E-state index is 12.6. The summed E-state index contributed by atoms with van der Waals surface area (Å²) in [5.41, 5.74) is 0. The van der Waals surface area contributed by atoms with E-state index in [-0.39, 0.29) is 10.8 Å². The Bertz CT molecular complexity index is 509. The topological polar surface area (TPSA) is 52.4 Å². The summed E-state index contributed by atoms with van der Waals surface area (Å²) >= 11 is 0.925. The molecule has 0 unspecified atom stereocenters. The molecule has 16 heavy (non-hydrogen) atoms. The Morgan fingerprint density at radius 1 is 1.19 bits per heavy atom. The number of rotatable bonds is 3. The third-order valence-electron chi connectivity index (χ3n) is 1.78. The average molecular weight is 239 g/mol. The second kappa shape index (κ2) is 4.28. The predicted molar refractivity (Wildman–Crippen MR) is 57.4 cm³/mol. The van der Waals surface area contributed by atoms with Gasteiger partial charge >= 0.3 is 5.00 Å². The van der Waals surface area contributed by atoms with E-state index < -0.39 is 4.92 Å². The van der Waals surface area contributed by atoms with E-state index >= 15 is 0 Å². The average Bonchev–Trinajstić information content (AvgIpc) is 2.70. The largest absolute Gasteiger partial charge is 0.446 e. The Morgan fingerprint density at radius 2 is 1.88 bits per heavy atom. The molecule has 0 N–H and O–H groups in total. The molecule has 82 valence electrons. The summed E-state index contributed by atoms with van der Waals surface area (Å²) in [6, 6.07) is 8.31. The summed E-state index contributed by atoms with van der Waals surface area (Å²) in [6.45, 7) is 0. The standard InChI is InChI=1S/C10H6FNO3S/c11-7-1-3-8(4-2-7)15-10-6-5-9(16-10)12(13)14/h1-6H. The van der Waals surface area contributed by atoms with Crippen LogP contribution in [0.4, 0.5) is 9.39 Å². The summed E-state index contributed by atoms with van der Waals surface area (Å²) in [4.78, 5) is 9.94. The number of halogens is 1. The van der Waals surface area contributed by atoms with E-state index in [1.54, 1.807) is 0 Å². The van der Waals surface area contributed by atoms with Gasteiger partial charge in [-0.15, -0.1) is 0 Å². The molecule has 0 radical (unpaired) electrons. The van der Waals surface area contributed by atoms with E-state index in [1.807, 2.05) is 0 Å². The molecule has 2 aromatic rings. The predicted octanol–water partition coefficient (Wildman–Crippen LogP) is 3.59. The van der Waals surface area contributed by atoms with Crippen LogP contribution in [-0.2, 0) is 0 Å². The van der Waals surface area contributed by atoms with Crippen LogP contribution in [0.15, 0.2) is 36.4 Å². The van der Waals surface area contributed by atoms with Crippen LogP contribution >= 0.6 is 11.3 Å². The molecule has 4 nitrogen and oxygen atoms in total. The van der Waals surface area contributed by atoms with Crippen molar-refractivity contribution in [1.29, 1.82) is 0 Å². The van der Waals surface area contributed by atoms with Crippen LogP contribution in [0.5, 0.6) is 10.8 Å². The minimum atomic E-state index is -0.484. The molecule has 0 fully saturated rings. The van der Waals surface area contributed by atoms with Crippen molar-refractivity contribution in [2.75, 3.05) is 0 Å². The first-order valence-corrected chi connectivity index (χ1v) is 5.14. The monoisotopic (exact) mass is 239 g/mol. The lowest BCUT2D eigenvalue weighted by Crippen LogP contribution is -1.81. The minimum absolute atomic E-state index is 0.0112. The van der Waals surface area contributed by atoms with E-state index in [9.17, 15) is 14.5 Å². The van der Waals surface area contributed by atoms with Crippen LogP contribution in [-0.4, -0.2) is 4.92 Å². The van der Waals surface area contributed by atoms with Gasteiger partial charge in [0.15, 0.2) is 5.06 Å². The van der Waals surface area contributed by atoms with Crippen LogP contribution < -0.4 is 4.74 Å². The fraction of sp³-hybridized carbons (Fsp3) is 0. The van der Waals surface area contributed by atoms with Gasteiger partial charge in [0.2, 0.25) is 0 Å². The normalized spacial score (nSPS) is 10.1. The number of benzene rings is 1. The van der Waals surface area contributed by atoms with Gasteiger partial charge in [0.1, 0.15) is 11.6 Å². The molecule has 0 bridgehead atoms. The molecule has 0 atom stereocenters. The molecule has 1 aromatic carbocycles. The van der Waals surface area contributed by atoms with Crippen LogP contribution in [0, 0.1) is 15.9 Å². The van der Waals surface area contributed by atoms with Gasteiger partial charge in [-0.3, -0.25) is 10.1 Å². The van der Waals surface area contributed by atoms with Crippen LogP contribution in [0.25, 0.3) is 0 Å². The number of ether oxygens (including phenoxy) is 1. The number of hydrogen-bond acceptors (Lipinski definition) is 4. The molecule has 0 saturated heterocycles. The molecule has 0 amide bonds. The van der Waals surface area contributed by atoms with Crippen molar-refractivity contribution in [2.45, 2.75) is 0 Å². The molecule has 0 saturated carbocycles. The molecule has 1 aromatic heterocycles. The van der Waals surface area contributed by atoms with Crippen LogP contribution in [0.2, 0.25) is 0 Å². The van der Waals surface area contributed by atoms with Gasteiger partial charge in [-0.1, -0.05) is 0 Å². The minimum Gasteiger partial charge on any atom is -0.446 e. The van der Waals surface area contributed by atoms with Gasteiger partial charge in [-0.05, 0) is 41.7 Å². The smallest absolute Gasteiger partial charge is 0.327 e. The number of nitro groups is 1. The van der Waals surface area contributed by atoms with Crippen LogP contribution in [0.3, 0.4) is 0 Å². The Morgan fingerprint density at radius 3 is 2.44 bits per heavy atom. The zero-order chi connectivity index (χ0) is 11.5. The van der Waals surface area contributed by atoms with Gasteiger partial charge < -0.3 is 4.74 Å². The lowest BCUT2D eigenvalue weighted by Gasteiger charge is -2.00. The molecule has 2 rings (SSSR count). The summed E-state index contributed by atoms with van der Waals surface area (Å²) in [5.74, 6) is 0.0858. The van der Waals surface area contributed by atoms with Crippen molar-refractivity contribution >= 4 is 16.3 Å². The second-order valence-electron chi connectivity index (χ2n) is 2.91. The SMILES string of the molecule is O=[N+]([O-])c1ccc(Oc2ccc(F)cc2)s1. The van der Waals surface area contributed by atoms with Gasteiger partial charge in [0.05, 0.1) is 4.92 Å². The summed E-state index contributed by atoms with van der Waals surface area (Å²) < 4.78 is 17.9. The van der Waals surface area contributed by atoms with E-state index in [0.717, 1.165) is 11.3 Å². The molecule has 0 aliphatic heterocycles. The van der Waals surface area contributed by atoms with Gasteiger partial charge in [-0.2, -0.15) is 0 Å². The molecular formula is C10H6FNO3S. The number of hydrogen-bond donors (Lipinski definition) is 0. The van der Waals surface area contributed by atoms with Crippen LogP contribution in [0.1, 0.15) is 0 Å². The van der Waals surface area contributed by atoms with E-state index in [0.29, 0.717) is 10.8 Å². The van der Waals surface area contributed by atoms with Gasteiger partial charge in [-0.25, -0.2) is 4.39 Å². The fourth-order valence-corrected chi connectivity index (χ4v) is 1.77. The molecule has 0 spiro atoms. The summed E-state index contributed by atoms with van der Waals surface area (Å²) in [7, 11) is 0. The Labute approximate surface area is 94.1 Å². The Kier molecular flexibility index (Phi) is 2.82. The molecular weight excluding hydrogens is 233 g/mol. The summed E-state index contributed by atoms with van der Waals surface area (Å²) in [5, 5.41) is 10.8. The highest BCUT2D eigenvalue weighted by Crippen LogP contribution is 2.33. The van der Waals surface area contributed by atoms with E-state index in [4.69, 9.17) is 4.74 Å².